The Morgan fingerprint density at radius 2 is 1.68 bits per heavy atom. The van der Waals surface area contributed by atoms with Gasteiger partial charge in [0.1, 0.15) is 6.29 Å². The predicted octanol–water partition coefficient (Wildman–Crippen LogP) is 8.01. The maximum Gasteiger partial charge on any atom is 0.337 e. The van der Waals surface area contributed by atoms with Crippen molar-refractivity contribution in [3.8, 4) is 0 Å². The number of fused-ring (bicyclic) bond motifs is 7. The molecule has 0 spiro atoms. The Kier molecular flexibility index (Phi) is 6.62. The molecular formula is C37H51NO3. The summed E-state index contributed by atoms with van der Waals surface area (Å²) in [6.45, 7) is 16.6. The summed E-state index contributed by atoms with van der Waals surface area (Å²) in [5.41, 5.74) is 12.1. The fourth-order valence-corrected chi connectivity index (χ4v) is 12.1. The molecule has 222 valence electrons. The van der Waals surface area contributed by atoms with Crippen LogP contribution in [0.2, 0.25) is 0 Å². The van der Waals surface area contributed by atoms with Crippen molar-refractivity contribution in [3.63, 3.8) is 0 Å². The largest absolute Gasteiger partial charge is 0.465 e. The Balaban J connectivity index is 1.35. The van der Waals surface area contributed by atoms with Crippen molar-refractivity contribution in [1.82, 2.24) is 0 Å². The van der Waals surface area contributed by atoms with Gasteiger partial charge in [0.2, 0.25) is 0 Å². The van der Waals surface area contributed by atoms with Gasteiger partial charge in [-0.2, -0.15) is 0 Å². The van der Waals surface area contributed by atoms with Crippen LogP contribution in [0.25, 0.3) is 5.57 Å². The van der Waals surface area contributed by atoms with Crippen LogP contribution in [0.15, 0.2) is 42.5 Å². The van der Waals surface area contributed by atoms with Crippen LogP contribution in [0, 0.1) is 51.2 Å². The Bertz CT molecular complexity index is 1290. The molecule has 6 rings (SSSR count). The highest BCUT2D eigenvalue weighted by Gasteiger charge is 2.71. The zero-order valence-corrected chi connectivity index (χ0v) is 26.2. The standard InChI is InChI=1S/C37H51NO3/c1-23(2)26-14-19-36(22-39)20-21-37(38)28(31(26)36)12-13-30-34(5)17-15-27(24-8-10-25(11-9-24)32(40)41-7)33(3,4)29(34)16-18-35(30,37)6/h8-11,15,22,26,28-31H,1,12-14,16-21,38H2,2-7H3/t26?,28-,29+,30-,31-,34+,35-,36-,37+/m1/s1. The number of carbonyl (C=O) groups is 2. The highest BCUT2D eigenvalue weighted by Crippen LogP contribution is 2.74. The van der Waals surface area contributed by atoms with Crippen molar-refractivity contribution in [1.29, 1.82) is 0 Å². The molecule has 0 aromatic heterocycles. The van der Waals surface area contributed by atoms with Gasteiger partial charge in [-0.25, -0.2) is 4.79 Å². The summed E-state index contributed by atoms with van der Waals surface area (Å²) in [5, 5.41) is 0. The van der Waals surface area contributed by atoms with E-state index >= 15 is 0 Å². The molecule has 41 heavy (non-hydrogen) atoms. The van der Waals surface area contributed by atoms with Crippen molar-refractivity contribution in [3.05, 3.63) is 53.6 Å². The van der Waals surface area contributed by atoms with Crippen LogP contribution < -0.4 is 5.73 Å². The fraction of sp³-hybridized carbons (Fsp3) is 0.676. The SMILES string of the molecule is C=C(C)C1CC[C@]2(C=O)CC[C@]3(N)[C@H](CC[C@@H]4[C@@]5(C)CC=C(c6ccc(C(=O)OC)cc6)C(C)(C)[C@@H]5CC[C@]43C)[C@@H]12. The average Bonchev–Trinajstić information content (AvgIpc) is 3.33. The van der Waals surface area contributed by atoms with Gasteiger partial charge in [0.05, 0.1) is 12.7 Å². The normalized spacial score (nSPS) is 44.4. The zero-order chi connectivity index (χ0) is 29.6. The van der Waals surface area contributed by atoms with Gasteiger partial charge in [0.15, 0.2) is 0 Å². The lowest BCUT2D eigenvalue weighted by molar-refractivity contribution is -0.191. The van der Waals surface area contributed by atoms with Gasteiger partial charge < -0.3 is 15.3 Å². The molecule has 4 saturated carbocycles. The molecule has 4 nitrogen and oxygen atoms in total. The third-order valence-corrected chi connectivity index (χ3v) is 14.1. The Morgan fingerprint density at radius 3 is 2.32 bits per heavy atom. The topological polar surface area (TPSA) is 69.4 Å². The summed E-state index contributed by atoms with van der Waals surface area (Å²) in [6.07, 6.45) is 13.6. The van der Waals surface area contributed by atoms with Gasteiger partial charge in [-0.15, -0.1) is 0 Å². The number of benzene rings is 1. The molecule has 9 atom stereocenters. The summed E-state index contributed by atoms with van der Waals surface area (Å²) < 4.78 is 4.92. The number of aldehydes is 1. The maximum absolute atomic E-state index is 12.7. The molecule has 0 saturated heterocycles. The van der Waals surface area contributed by atoms with Gasteiger partial charge in [0, 0.05) is 11.0 Å². The van der Waals surface area contributed by atoms with Crippen LogP contribution in [-0.4, -0.2) is 24.9 Å². The number of nitrogens with two attached hydrogens (primary N) is 1. The zero-order valence-electron chi connectivity index (χ0n) is 26.2. The second-order valence-electron chi connectivity index (χ2n) is 15.8. The molecule has 5 aliphatic carbocycles. The molecule has 1 aromatic carbocycles. The van der Waals surface area contributed by atoms with Crippen molar-refractivity contribution in [2.24, 2.45) is 57.0 Å². The van der Waals surface area contributed by atoms with Gasteiger partial charge in [-0.3, -0.25) is 0 Å². The minimum absolute atomic E-state index is 0.00938. The molecule has 0 radical (unpaired) electrons. The van der Waals surface area contributed by atoms with E-state index < -0.39 is 0 Å². The second-order valence-corrected chi connectivity index (χ2v) is 15.8. The number of hydrogen-bond acceptors (Lipinski definition) is 4. The summed E-state index contributed by atoms with van der Waals surface area (Å²) in [7, 11) is 1.43. The molecule has 2 N–H and O–H groups in total. The number of ether oxygens (including phenoxy) is 1. The Hall–Kier alpha value is -2.20. The molecule has 4 heteroatoms. The van der Waals surface area contributed by atoms with Crippen LogP contribution in [0.1, 0.15) is 108 Å². The van der Waals surface area contributed by atoms with Gasteiger partial charge >= 0.3 is 5.97 Å². The molecule has 1 aromatic rings. The first-order chi connectivity index (χ1) is 19.3. The van der Waals surface area contributed by atoms with E-state index in [4.69, 9.17) is 10.5 Å². The fourth-order valence-electron chi connectivity index (χ4n) is 12.1. The first-order valence-corrected chi connectivity index (χ1v) is 16.1. The summed E-state index contributed by atoms with van der Waals surface area (Å²) in [4.78, 5) is 24.7. The van der Waals surface area contributed by atoms with Crippen LogP contribution in [0.4, 0.5) is 0 Å². The van der Waals surface area contributed by atoms with Crippen molar-refractivity contribution in [2.45, 2.75) is 97.9 Å². The molecule has 0 heterocycles. The average molecular weight is 558 g/mol. The summed E-state index contributed by atoms with van der Waals surface area (Å²) in [6, 6.07) is 7.98. The molecule has 0 amide bonds. The van der Waals surface area contributed by atoms with E-state index in [9.17, 15) is 9.59 Å². The lowest BCUT2D eigenvalue weighted by Crippen LogP contribution is -2.73. The quantitative estimate of drug-likeness (QED) is 0.231. The first-order valence-electron chi connectivity index (χ1n) is 16.1. The van der Waals surface area contributed by atoms with Gasteiger partial charge in [-0.05, 0) is 134 Å². The lowest BCUT2D eigenvalue weighted by Gasteiger charge is -2.71. The highest BCUT2D eigenvalue weighted by atomic mass is 16.5. The second kappa shape index (κ2) is 9.40. The number of methoxy groups -OCH3 is 1. The number of rotatable bonds is 4. The predicted molar refractivity (Wildman–Crippen MR) is 165 cm³/mol. The van der Waals surface area contributed by atoms with E-state index in [0.29, 0.717) is 35.2 Å². The van der Waals surface area contributed by atoms with Crippen LogP contribution in [0.5, 0.6) is 0 Å². The number of allylic oxidation sites excluding steroid dienone is 3. The number of hydrogen-bond donors (Lipinski definition) is 1. The molecule has 0 aliphatic heterocycles. The molecule has 1 unspecified atom stereocenters. The van der Waals surface area contributed by atoms with Crippen molar-refractivity contribution >= 4 is 17.8 Å². The monoisotopic (exact) mass is 557 g/mol. The Labute approximate surface area is 247 Å². The van der Waals surface area contributed by atoms with E-state index in [1.165, 1.54) is 42.9 Å². The maximum atomic E-state index is 12.7. The summed E-state index contributed by atoms with van der Waals surface area (Å²) in [5.74, 6) is 1.98. The van der Waals surface area contributed by atoms with Gasteiger partial charge in [-0.1, -0.05) is 58.1 Å². The molecule has 5 aliphatic rings. The lowest BCUT2D eigenvalue weighted by atomic mass is 9.34. The molecule has 4 fully saturated rings. The number of carbonyl (C=O) groups excluding carboxylic acids is 2. The smallest absolute Gasteiger partial charge is 0.337 e. The van der Waals surface area contributed by atoms with Crippen LogP contribution in [-0.2, 0) is 9.53 Å². The highest BCUT2D eigenvalue weighted by molar-refractivity contribution is 5.90. The van der Waals surface area contributed by atoms with E-state index in [0.717, 1.165) is 44.9 Å². The first kappa shape index (κ1) is 28.9. The third-order valence-electron chi connectivity index (χ3n) is 14.1. The molecular weight excluding hydrogens is 506 g/mol. The third kappa shape index (κ3) is 3.74. The van der Waals surface area contributed by atoms with E-state index in [-0.39, 0.29) is 33.2 Å². The van der Waals surface area contributed by atoms with Crippen molar-refractivity contribution < 1.29 is 14.3 Å². The van der Waals surface area contributed by atoms with Crippen molar-refractivity contribution in [2.75, 3.05) is 7.11 Å². The molecule has 0 bridgehead atoms. The minimum Gasteiger partial charge on any atom is -0.465 e. The van der Waals surface area contributed by atoms with Crippen LogP contribution >= 0.6 is 0 Å². The number of esters is 1. The van der Waals surface area contributed by atoms with Crippen LogP contribution in [0.3, 0.4) is 0 Å². The summed E-state index contributed by atoms with van der Waals surface area (Å²) >= 11 is 0. The minimum atomic E-state index is -0.292. The van der Waals surface area contributed by atoms with E-state index in [1.54, 1.807) is 0 Å². The Morgan fingerprint density at radius 1 is 0.976 bits per heavy atom. The van der Waals surface area contributed by atoms with E-state index in [2.05, 4.69) is 59.4 Å². The van der Waals surface area contributed by atoms with E-state index in [1.807, 2.05) is 12.1 Å². The van der Waals surface area contributed by atoms with Gasteiger partial charge in [0.25, 0.3) is 0 Å².